The molecule has 1 aliphatic carbocycles. The van der Waals surface area contributed by atoms with Crippen LogP contribution in [0, 0.1) is 17.0 Å². The SMILES string of the molecule is C[C@]1(C(=O)O)CC[C@H](n2ncc(C(=O)N(Cc3cc(F)cc(F)c3)C[C@H](F)c3c(Cl)cccc3Cl)c2C(F)(F)F)CC1. The van der Waals surface area contributed by atoms with Crippen LogP contribution in [0.1, 0.15) is 72.0 Å². The second-order valence-corrected chi connectivity index (χ2v) is 11.3. The Kier molecular flexibility index (Phi) is 9.17. The van der Waals surface area contributed by atoms with E-state index in [0.717, 1.165) is 12.1 Å². The lowest BCUT2D eigenvalue weighted by Crippen LogP contribution is -2.36. The summed E-state index contributed by atoms with van der Waals surface area (Å²) in [7, 11) is 0. The van der Waals surface area contributed by atoms with Crippen LogP contribution >= 0.6 is 23.2 Å². The minimum Gasteiger partial charge on any atom is -0.481 e. The molecule has 1 atom stereocenters. The molecule has 0 aliphatic heterocycles. The van der Waals surface area contributed by atoms with Gasteiger partial charge in [0.2, 0.25) is 0 Å². The van der Waals surface area contributed by atoms with Gasteiger partial charge in [-0.15, -0.1) is 0 Å². The molecule has 1 aromatic heterocycles. The number of aromatic nitrogens is 2. The Balaban J connectivity index is 1.73. The largest absolute Gasteiger partial charge is 0.481 e. The summed E-state index contributed by atoms with van der Waals surface area (Å²) in [6.45, 7) is 0.00217. The number of carboxylic acid groups (broad SMARTS) is 1. The first-order chi connectivity index (χ1) is 19.6. The number of carbonyl (C=O) groups excluding carboxylic acids is 1. The molecular weight excluding hydrogens is 611 g/mol. The van der Waals surface area contributed by atoms with Crippen molar-refractivity contribution in [3.63, 3.8) is 0 Å². The van der Waals surface area contributed by atoms with Crippen LogP contribution in [0.25, 0.3) is 0 Å². The summed E-state index contributed by atoms with van der Waals surface area (Å²) in [5.41, 5.74) is -3.74. The number of aliphatic carboxylic acids is 1. The molecule has 1 fully saturated rings. The number of nitrogens with zero attached hydrogens (tertiary/aromatic N) is 3. The summed E-state index contributed by atoms with van der Waals surface area (Å²) in [4.78, 5) is 26.0. The molecule has 6 nitrogen and oxygen atoms in total. The van der Waals surface area contributed by atoms with Crippen LogP contribution in [0.4, 0.5) is 26.3 Å². The second-order valence-electron chi connectivity index (χ2n) is 10.5. The van der Waals surface area contributed by atoms with Crippen LogP contribution in [-0.2, 0) is 17.5 Å². The highest BCUT2D eigenvalue weighted by Crippen LogP contribution is 2.44. The lowest BCUT2D eigenvalue weighted by Gasteiger charge is -2.34. The van der Waals surface area contributed by atoms with Crippen LogP contribution in [-0.4, -0.2) is 38.2 Å². The maximum atomic E-state index is 15.6. The molecular formula is C28H25Cl2F6N3O3. The van der Waals surface area contributed by atoms with Gasteiger partial charge in [-0.05, 0) is 62.4 Å². The Labute approximate surface area is 246 Å². The third-order valence-corrected chi connectivity index (χ3v) is 8.15. The summed E-state index contributed by atoms with van der Waals surface area (Å²) in [6.07, 6.45) is -6.14. The van der Waals surface area contributed by atoms with Crippen molar-refractivity contribution in [3.8, 4) is 0 Å². The summed E-state index contributed by atoms with van der Waals surface area (Å²) in [6, 6.07) is 5.60. The maximum absolute atomic E-state index is 15.6. The first-order valence-electron chi connectivity index (χ1n) is 12.8. The van der Waals surface area contributed by atoms with Gasteiger partial charge in [0, 0.05) is 28.2 Å². The molecule has 0 bridgehead atoms. The lowest BCUT2D eigenvalue weighted by molar-refractivity contribution is -0.152. The summed E-state index contributed by atoms with van der Waals surface area (Å²) in [5, 5.41) is 13.1. The highest BCUT2D eigenvalue weighted by Gasteiger charge is 2.45. The van der Waals surface area contributed by atoms with Gasteiger partial charge in [0.15, 0.2) is 5.69 Å². The maximum Gasteiger partial charge on any atom is 0.433 e. The molecule has 1 heterocycles. The molecule has 3 aromatic rings. The van der Waals surface area contributed by atoms with E-state index in [1.54, 1.807) is 0 Å². The monoisotopic (exact) mass is 635 g/mol. The van der Waals surface area contributed by atoms with E-state index in [4.69, 9.17) is 23.2 Å². The van der Waals surface area contributed by atoms with Gasteiger partial charge in [-0.1, -0.05) is 29.3 Å². The fourth-order valence-electron chi connectivity index (χ4n) is 5.18. The fraction of sp³-hybridized carbons (Fsp3) is 0.393. The van der Waals surface area contributed by atoms with Gasteiger partial charge in [0.05, 0.1) is 29.8 Å². The van der Waals surface area contributed by atoms with Crippen molar-refractivity contribution in [1.82, 2.24) is 14.7 Å². The number of benzene rings is 2. The van der Waals surface area contributed by atoms with Gasteiger partial charge in [-0.3, -0.25) is 14.3 Å². The second kappa shape index (κ2) is 12.2. The van der Waals surface area contributed by atoms with E-state index >= 15 is 4.39 Å². The highest BCUT2D eigenvalue weighted by molar-refractivity contribution is 6.36. The predicted molar refractivity (Wildman–Crippen MR) is 142 cm³/mol. The fourth-order valence-corrected chi connectivity index (χ4v) is 5.82. The summed E-state index contributed by atoms with van der Waals surface area (Å²) in [5.74, 6) is -4.36. The van der Waals surface area contributed by atoms with Crippen LogP contribution in [0.15, 0.2) is 42.6 Å². The molecule has 2 aromatic carbocycles. The van der Waals surface area contributed by atoms with Gasteiger partial charge in [-0.2, -0.15) is 18.3 Å². The predicted octanol–water partition coefficient (Wildman–Crippen LogP) is 8.05. The molecule has 14 heteroatoms. The van der Waals surface area contributed by atoms with E-state index in [1.807, 2.05) is 0 Å². The Morgan fingerprint density at radius 3 is 2.21 bits per heavy atom. The topological polar surface area (TPSA) is 75.4 Å². The van der Waals surface area contributed by atoms with Crippen molar-refractivity contribution < 1.29 is 41.0 Å². The Morgan fingerprint density at radius 2 is 1.69 bits per heavy atom. The zero-order valence-electron chi connectivity index (χ0n) is 22.1. The van der Waals surface area contributed by atoms with E-state index < -0.39 is 71.7 Å². The minimum atomic E-state index is -5.08. The van der Waals surface area contributed by atoms with Crippen LogP contribution in [0.2, 0.25) is 10.0 Å². The van der Waals surface area contributed by atoms with E-state index in [1.165, 1.54) is 25.1 Å². The molecule has 226 valence electrons. The molecule has 0 spiro atoms. The molecule has 4 rings (SSSR count). The number of carbonyl (C=O) groups is 2. The van der Waals surface area contributed by atoms with Crippen molar-refractivity contribution in [1.29, 1.82) is 0 Å². The number of hydrogen-bond acceptors (Lipinski definition) is 3. The number of amides is 1. The first-order valence-corrected chi connectivity index (χ1v) is 13.6. The van der Waals surface area contributed by atoms with Gasteiger partial charge in [0.25, 0.3) is 5.91 Å². The van der Waals surface area contributed by atoms with Crippen LogP contribution < -0.4 is 0 Å². The lowest BCUT2D eigenvalue weighted by atomic mass is 9.74. The standard InChI is InChI=1S/C28H25Cl2F6N3O3/c1-27(26(41)42)7-5-18(6-8-27)39-24(28(34,35)36)19(12-37-39)25(40)38(13-15-9-16(31)11-17(32)10-15)14-22(33)23-20(29)3-2-4-21(23)30/h2-4,9-12,18,22H,5-8,13-14H2,1H3,(H,41,42)/t18-,22-,27-/m0/s1. The molecule has 1 saturated carbocycles. The number of hydrogen-bond donors (Lipinski definition) is 1. The van der Waals surface area contributed by atoms with E-state index in [0.29, 0.717) is 21.8 Å². The normalized spacial score (nSPS) is 19.9. The molecule has 0 saturated heterocycles. The van der Waals surface area contributed by atoms with Crippen LogP contribution in [0.5, 0.6) is 0 Å². The van der Waals surface area contributed by atoms with Gasteiger partial charge in [-0.25, -0.2) is 13.2 Å². The van der Waals surface area contributed by atoms with Crippen molar-refractivity contribution in [3.05, 3.63) is 86.7 Å². The zero-order valence-corrected chi connectivity index (χ0v) is 23.6. The Morgan fingerprint density at radius 1 is 1.12 bits per heavy atom. The minimum absolute atomic E-state index is 0.0605. The number of rotatable bonds is 8. The molecule has 0 radical (unpaired) electrons. The van der Waals surface area contributed by atoms with Gasteiger partial charge < -0.3 is 10.0 Å². The van der Waals surface area contributed by atoms with Gasteiger partial charge >= 0.3 is 12.1 Å². The quantitative estimate of drug-likeness (QED) is 0.254. The van der Waals surface area contributed by atoms with E-state index in [2.05, 4.69) is 5.10 Å². The van der Waals surface area contributed by atoms with Crippen molar-refractivity contribution in [2.45, 2.75) is 57.5 Å². The third-order valence-electron chi connectivity index (χ3n) is 7.49. The summed E-state index contributed by atoms with van der Waals surface area (Å²) < 4.78 is 87.4. The molecule has 42 heavy (non-hydrogen) atoms. The first kappa shape index (κ1) is 31.7. The van der Waals surface area contributed by atoms with E-state index in [-0.39, 0.29) is 46.9 Å². The number of carboxylic acids is 1. The Hall–Kier alpha value is -3.25. The molecule has 1 amide bonds. The number of alkyl halides is 4. The average Bonchev–Trinajstić information content (AvgIpc) is 3.33. The van der Waals surface area contributed by atoms with Gasteiger partial charge in [0.1, 0.15) is 17.8 Å². The molecule has 0 unspecified atom stereocenters. The van der Waals surface area contributed by atoms with Crippen molar-refractivity contribution >= 4 is 35.1 Å². The third kappa shape index (κ3) is 6.70. The van der Waals surface area contributed by atoms with E-state index in [9.17, 15) is 36.6 Å². The number of halogens is 8. The Bertz CT molecular complexity index is 1450. The summed E-state index contributed by atoms with van der Waals surface area (Å²) >= 11 is 12.2. The van der Waals surface area contributed by atoms with Crippen LogP contribution in [0.3, 0.4) is 0 Å². The zero-order chi connectivity index (χ0) is 31.0. The van der Waals surface area contributed by atoms with Crippen molar-refractivity contribution in [2.24, 2.45) is 5.41 Å². The average molecular weight is 636 g/mol. The highest BCUT2D eigenvalue weighted by atomic mass is 35.5. The smallest absolute Gasteiger partial charge is 0.433 e. The molecule has 1 N–H and O–H groups in total. The van der Waals surface area contributed by atoms with Crippen molar-refractivity contribution in [2.75, 3.05) is 6.54 Å². The molecule has 1 aliphatic rings.